The molecule has 0 aliphatic carbocycles. The molecule has 0 aromatic carbocycles. The topological polar surface area (TPSA) is 45.2 Å². The smallest absolute Gasteiger partial charge is 0.219 e. The van der Waals surface area contributed by atoms with Crippen molar-refractivity contribution in [3.8, 4) is 0 Å². The van der Waals surface area contributed by atoms with Crippen molar-refractivity contribution in [1.29, 1.82) is 0 Å². The summed E-state index contributed by atoms with van der Waals surface area (Å²) in [6, 6.07) is 4.23. The van der Waals surface area contributed by atoms with Gasteiger partial charge in [-0.2, -0.15) is 0 Å². The van der Waals surface area contributed by atoms with E-state index in [4.69, 9.17) is 0 Å². The molecular weight excluding hydrogens is 214 g/mol. The molecule has 92 valence electrons. The lowest BCUT2D eigenvalue weighted by atomic mass is 9.96. The second kappa shape index (κ2) is 5.17. The molecule has 0 spiro atoms. The number of carbonyl (C=O) groups excluding carboxylic acids is 1. The molecule has 1 aromatic heterocycles. The Labute approximate surface area is 102 Å². The third-order valence-corrected chi connectivity index (χ3v) is 3.33. The van der Waals surface area contributed by atoms with Crippen LogP contribution in [0.1, 0.15) is 37.8 Å². The van der Waals surface area contributed by atoms with Crippen LogP contribution in [0.5, 0.6) is 0 Å². The van der Waals surface area contributed by atoms with Gasteiger partial charge in [-0.25, -0.2) is 4.98 Å². The van der Waals surface area contributed by atoms with E-state index in [0.717, 1.165) is 30.8 Å². The van der Waals surface area contributed by atoms with Crippen LogP contribution < -0.4 is 5.32 Å². The molecule has 4 heteroatoms. The molecule has 1 aliphatic rings. The minimum atomic E-state index is 0.160. The molecule has 2 heterocycles. The number of hydrogen-bond acceptors (Lipinski definition) is 3. The second-order valence-corrected chi connectivity index (χ2v) is 4.45. The van der Waals surface area contributed by atoms with Gasteiger partial charge in [-0.05, 0) is 30.9 Å². The normalized spacial score (nSPS) is 20.1. The predicted molar refractivity (Wildman–Crippen MR) is 67.8 cm³/mol. The molecule has 0 bridgehead atoms. The van der Waals surface area contributed by atoms with Gasteiger partial charge in [0.1, 0.15) is 5.82 Å². The van der Waals surface area contributed by atoms with Crippen LogP contribution in [-0.4, -0.2) is 29.4 Å². The summed E-state index contributed by atoms with van der Waals surface area (Å²) in [4.78, 5) is 17.9. The van der Waals surface area contributed by atoms with E-state index in [1.165, 1.54) is 6.42 Å². The van der Waals surface area contributed by atoms with Crippen LogP contribution in [0.25, 0.3) is 0 Å². The van der Waals surface area contributed by atoms with Gasteiger partial charge >= 0.3 is 0 Å². The van der Waals surface area contributed by atoms with Crippen molar-refractivity contribution < 1.29 is 4.79 Å². The lowest BCUT2D eigenvalue weighted by Crippen LogP contribution is -2.36. The lowest BCUT2D eigenvalue weighted by Gasteiger charge is -2.35. The SMILES string of the molecule is CNc1ccc([C@@H]2CCCCN2C(C)=O)cn1. The van der Waals surface area contributed by atoms with Crippen molar-refractivity contribution in [2.75, 3.05) is 18.9 Å². The molecule has 1 aromatic rings. The fourth-order valence-corrected chi connectivity index (χ4v) is 2.41. The van der Waals surface area contributed by atoms with Gasteiger partial charge in [-0.1, -0.05) is 6.07 Å². The molecule has 1 saturated heterocycles. The molecule has 0 radical (unpaired) electrons. The molecule has 1 aliphatic heterocycles. The van der Waals surface area contributed by atoms with Crippen molar-refractivity contribution in [3.63, 3.8) is 0 Å². The fraction of sp³-hybridized carbons (Fsp3) is 0.538. The maximum absolute atomic E-state index is 11.6. The van der Waals surface area contributed by atoms with E-state index in [2.05, 4.69) is 16.4 Å². The first-order valence-corrected chi connectivity index (χ1v) is 6.13. The van der Waals surface area contributed by atoms with E-state index in [-0.39, 0.29) is 11.9 Å². The Morgan fingerprint density at radius 3 is 2.88 bits per heavy atom. The maximum atomic E-state index is 11.6. The van der Waals surface area contributed by atoms with E-state index >= 15 is 0 Å². The molecule has 1 fully saturated rings. The van der Waals surface area contributed by atoms with Crippen molar-refractivity contribution >= 4 is 11.7 Å². The van der Waals surface area contributed by atoms with Crippen LogP contribution in [0, 0.1) is 0 Å². The quantitative estimate of drug-likeness (QED) is 0.851. The van der Waals surface area contributed by atoms with Gasteiger partial charge in [-0.15, -0.1) is 0 Å². The van der Waals surface area contributed by atoms with Crippen LogP contribution in [0.2, 0.25) is 0 Å². The van der Waals surface area contributed by atoms with E-state index in [1.807, 2.05) is 24.2 Å². The summed E-state index contributed by atoms with van der Waals surface area (Å²) in [6.07, 6.45) is 5.21. The van der Waals surface area contributed by atoms with E-state index in [9.17, 15) is 4.79 Å². The number of pyridine rings is 1. The molecular formula is C13H19N3O. The number of nitrogens with zero attached hydrogens (tertiary/aromatic N) is 2. The van der Waals surface area contributed by atoms with Gasteiger partial charge in [0, 0.05) is 26.7 Å². The van der Waals surface area contributed by atoms with Gasteiger partial charge in [-0.3, -0.25) is 4.79 Å². The van der Waals surface area contributed by atoms with Crippen molar-refractivity contribution in [2.24, 2.45) is 0 Å². The number of nitrogens with one attached hydrogen (secondary N) is 1. The third kappa shape index (κ3) is 2.57. The number of hydrogen-bond donors (Lipinski definition) is 1. The summed E-state index contributed by atoms with van der Waals surface area (Å²) >= 11 is 0. The Balaban J connectivity index is 2.20. The summed E-state index contributed by atoms with van der Waals surface area (Å²) in [5, 5.41) is 3.00. The number of aromatic nitrogens is 1. The summed E-state index contributed by atoms with van der Waals surface area (Å²) in [6.45, 7) is 2.52. The average molecular weight is 233 g/mol. The lowest BCUT2D eigenvalue weighted by molar-refractivity contribution is -0.132. The molecule has 1 atom stereocenters. The molecule has 0 unspecified atom stereocenters. The molecule has 2 rings (SSSR count). The molecule has 1 N–H and O–H groups in total. The number of rotatable bonds is 2. The van der Waals surface area contributed by atoms with Gasteiger partial charge in [0.25, 0.3) is 0 Å². The first kappa shape index (κ1) is 11.9. The third-order valence-electron chi connectivity index (χ3n) is 3.33. The summed E-state index contributed by atoms with van der Waals surface area (Å²) in [5.74, 6) is 1.02. The molecule has 17 heavy (non-hydrogen) atoms. The number of anilines is 1. The van der Waals surface area contributed by atoms with Crippen LogP contribution in [-0.2, 0) is 4.79 Å². The predicted octanol–water partition coefficient (Wildman–Crippen LogP) is 2.20. The highest BCUT2D eigenvalue weighted by Crippen LogP contribution is 2.30. The van der Waals surface area contributed by atoms with Crippen molar-refractivity contribution in [2.45, 2.75) is 32.2 Å². The Kier molecular flexibility index (Phi) is 3.61. The zero-order chi connectivity index (χ0) is 12.3. The number of likely N-dealkylation sites (tertiary alicyclic amines) is 1. The molecule has 4 nitrogen and oxygen atoms in total. The van der Waals surface area contributed by atoms with Crippen molar-refractivity contribution in [3.05, 3.63) is 23.9 Å². The minimum absolute atomic E-state index is 0.160. The highest BCUT2D eigenvalue weighted by atomic mass is 16.2. The highest BCUT2D eigenvalue weighted by Gasteiger charge is 2.25. The van der Waals surface area contributed by atoms with E-state index in [1.54, 1.807) is 6.92 Å². The summed E-state index contributed by atoms with van der Waals surface area (Å²) in [5.41, 5.74) is 1.14. The first-order valence-electron chi connectivity index (χ1n) is 6.13. The van der Waals surface area contributed by atoms with E-state index < -0.39 is 0 Å². The summed E-state index contributed by atoms with van der Waals surface area (Å²) < 4.78 is 0. The highest BCUT2D eigenvalue weighted by molar-refractivity contribution is 5.74. The monoisotopic (exact) mass is 233 g/mol. The number of carbonyl (C=O) groups is 1. The van der Waals surface area contributed by atoms with Crippen LogP contribution in [0.15, 0.2) is 18.3 Å². The van der Waals surface area contributed by atoms with Gasteiger partial charge in [0.15, 0.2) is 0 Å². The molecule has 1 amide bonds. The number of piperidine rings is 1. The van der Waals surface area contributed by atoms with Crippen LogP contribution in [0.4, 0.5) is 5.82 Å². The van der Waals surface area contributed by atoms with Gasteiger partial charge in [0.05, 0.1) is 6.04 Å². The standard InChI is InChI=1S/C13H19N3O/c1-10(17)16-8-4-3-5-12(16)11-6-7-13(14-2)15-9-11/h6-7,9,12H,3-5,8H2,1-2H3,(H,14,15)/t12-/m0/s1. The minimum Gasteiger partial charge on any atom is -0.373 e. The van der Waals surface area contributed by atoms with Gasteiger partial charge in [0.2, 0.25) is 5.91 Å². The number of amides is 1. The largest absolute Gasteiger partial charge is 0.373 e. The summed E-state index contributed by atoms with van der Waals surface area (Å²) in [7, 11) is 1.85. The van der Waals surface area contributed by atoms with E-state index in [0.29, 0.717) is 0 Å². The average Bonchev–Trinajstić information content (AvgIpc) is 2.39. The van der Waals surface area contributed by atoms with Crippen LogP contribution in [0.3, 0.4) is 0 Å². The second-order valence-electron chi connectivity index (χ2n) is 4.45. The van der Waals surface area contributed by atoms with Crippen LogP contribution >= 0.6 is 0 Å². The Morgan fingerprint density at radius 2 is 2.29 bits per heavy atom. The zero-order valence-electron chi connectivity index (χ0n) is 10.4. The Hall–Kier alpha value is -1.58. The van der Waals surface area contributed by atoms with Crippen molar-refractivity contribution in [1.82, 2.24) is 9.88 Å². The fourth-order valence-electron chi connectivity index (χ4n) is 2.41. The maximum Gasteiger partial charge on any atom is 0.219 e. The Bertz CT molecular complexity index is 388. The van der Waals surface area contributed by atoms with Gasteiger partial charge < -0.3 is 10.2 Å². The first-order chi connectivity index (χ1) is 8.22. The zero-order valence-corrected chi connectivity index (χ0v) is 10.4. The Morgan fingerprint density at radius 1 is 1.47 bits per heavy atom. The molecule has 0 saturated carbocycles.